The van der Waals surface area contributed by atoms with Crippen LogP contribution < -0.4 is 11.1 Å². The average Bonchev–Trinajstić information content (AvgIpc) is 2.28. The third-order valence-electron chi connectivity index (χ3n) is 3.44. The lowest BCUT2D eigenvalue weighted by molar-refractivity contribution is 0.423. The summed E-state index contributed by atoms with van der Waals surface area (Å²) < 4.78 is 0. The van der Waals surface area contributed by atoms with E-state index in [0.717, 1.165) is 29.8 Å². The zero-order chi connectivity index (χ0) is 15.6. The Morgan fingerprint density at radius 1 is 1.00 bits per heavy atom. The smallest absolute Gasteiger partial charge is 0.123 e. The number of phenolic OH excluding ortho intramolecular Hbond substituents is 1. The Morgan fingerprint density at radius 2 is 1.45 bits per heavy atom. The van der Waals surface area contributed by atoms with Gasteiger partial charge in [0.1, 0.15) is 5.75 Å². The summed E-state index contributed by atoms with van der Waals surface area (Å²) in [5.74, 6) is 0.425. The maximum absolute atomic E-state index is 10.6. The number of hydrogen-bond donors (Lipinski definition) is 3. The van der Waals surface area contributed by atoms with Crippen molar-refractivity contribution >= 4 is 5.69 Å². The first-order valence-electron chi connectivity index (χ1n) is 7.39. The summed E-state index contributed by atoms with van der Waals surface area (Å²) in [7, 11) is 0. The van der Waals surface area contributed by atoms with Gasteiger partial charge in [-0.1, -0.05) is 41.5 Å². The van der Waals surface area contributed by atoms with Crippen molar-refractivity contribution in [2.75, 3.05) is 18.4 Å². The number of anilines is 1. The highest BCUT2D eigenvalue weighted by atomic mass is 16.3. The standard InChI is InChI=1S/C17H30N2O/c1-16(2,3)13-10-12(19-9-7-8-18)11-14(15(13)20)17(4,5)6/h10-11,19-20H,7-9,18H2,1-6H3. The lowest BCUT2D eigenvalue weighted by Gasteiger charge is -2.28. The van der Waals surface area contributed by atoms with Crippen LogP contribution in [0.25, 0.3) is 0 Å². The Balaban J connectivity index is 3.28. The summed E-state index contributed by atoms with van der Waals surface area (Å²) in [5.41, 5.74) is 8.39. The molecular formula is C17H30N2O. The quantitative estimate of drug-likeness (QED) is 0.581. The van der Waals surface area contributed by atoms with Gasteiger partial charge in [0.05, 0.1) is 0 Å². The van der Waals surface area contributed by atoms with E-state index in [1.165, 1.54) is 0 Å². The summed E-state index contributed by atoms with van der Waals surface area (Å²) in [5, 5.41) is 14.0. The molecule has 0 radical (unpaired) electrons. The fourth-order valence-corrected chi connectivity index (χ4v) is 2.21. The number of phenols is 1. The highest BCUT2D eigenvalue weighted by Gasteiger charge is 2.26. The SMILES string of the molecule is CC(C)(C)c1cc(NCCCN)cc(C(C)(C)C)c1O. The van der Waals surface area contributed by atoms with E-state index < -0.39 is 0 Å². The van der Waals surface area contributed by atoms with Crippen molar-refractivity contribution in [2.24, 2.45) is 5.73 Å². The molecule has 0 heterocycles. The molecule has 0 spiro atoms. The van der Waals surface area contributed by atoms with Gasteiger partial charge in [-0.15, -0.1) is 0 Å². The molecule has 0 aromatic heterocycles. The van der Waals surface area contributed by atoms with Gasteiger partial charge in [-0.25, -0.2) is 0 Å². The zero-order valence-corrected chi connectivity index (χ0v) is 13.8. The number of hydrogen-bond acceptors (Lipinski definition) is 3. The number of nitrogens with one attached hydrogen (secondary N) is 1. The number of benzene rings is 1. The highest BCUT2D eigenvalue weighted by Crippen LogP contribution is 2.40. The lowest BCUT2D eigenvalue weighted by Crippen LogP contribution is -2.18. The Morgan fingerprint density at radius 3 is 1.80 bits per heavy atom. The molecule has 3 heteroatoms. The van der Waals surface area contributed by atoms with Crippen LogP contribution in [0.1, 0.15) is 59.1 Å². The molecule has 114 valence electrons. The molecular weight excluding hydrogens is 248 g/mol. The van der Waals surface area contributed by atoms with Gasteiger partial charge >= 0.3 is 0 Å². The van der Waals surface area contributed by atoms with Crippen LogP contribution in [-0.2, 0) is 10.8 Å². The third-order valence-corrected chi connectivity index (χ3v) is 3.44. The second-order valence-electron chi connectivity index (χ2n) is 7.49. The van der Waals surface area contributed by atoms with Gasteiger partial charge < -0.3 is 16.2 Å². The van der Waals surface area contributed by atoms with Gasteiger partial charge in [0, 0.05) is 23.4 Å². The van der Waals surface area contributed by atoms with Gasteiger partial charge in [0.2, 0.25) is 0 Å². The molecule has 0 atom stereocenters. The average molecular weight is 278 g/mol. The molecule has 0 amide bonds. The zero-order valence-electron chi connectivity index (χ0n) is 13.8. The predicted octanol–water partition coefficient (Wildman–Crippen LogP) is 3.75. The molecule has 20 heavy (non-hydrogen) atoms. The number of rotatable bonds is 4. The van der Waals surface area contributed by atoms with E-state index in [4.69, 9.17) is 5.73 Å². The summed E-state index contributed by atoms with van der Waals surface area (Å²) in [4.78, 5) is 0. The third kappa shape index (κ3) is 4.14. The normalized spacial score (nSPS) is 12.6. The molecule has 0 aliphatic heterocycles. The first-order chi connectivity index (χ1) is 9.07. The monoisotopic (exact) mass is 278 g/mol. The largest absolute Gasteiger partial charge is 0.507 e. The minimum absolute atomic E-state index is 0.0877. The number of aromatic hydroxyl groups is 1. The van der Waals surface area contributed by atoms with Crippen LogP contribution in [0.5, 0.6) is 5.75 Å². The molecule has 0 saturated heterocycles. The molecule has 4 N–H and O–H groups in total. The second kappa shape index (κ2) is 6.04. The van der Waals surface area contributed by atoms with Gasteiger partial charge in [0.25, 0.3) is 0 Å². The van der Waals surface area contributed by atoms with Crippen molar-refractivity contribution in [3.63, 3.8) is 0 Å². The first kappa shape index (κ1) is 16.8. The molecule has 0 aliphatic rings. The van der Waals surface area contributed by atoms with Crippen LogP contribution in [0.2, 0.25) is 0 Å². The van der Waals surface area contributed by atoms with E-state index in [1.54, 1.807) is 0 Å². The van der Waals surface area contributed by atoms with Crippen molar-refractivity contribution in [1.29, 1.82) is 0 Å². The van der Waals surface area contributed by atoms with Crippen LogP contribution in [0.3, 0.4) is 0 Å². The summed E-state index contributed by atoms with van der Waals surface area (Å²) in [6.45, 7) is 14.3. The van der Waals surface area contributed by atoms with E-state index >= 15 is 0 Å². The highest BCUT2D eigenvalue weighted by molar-refractivity contribution is 5.59. The van der Waals surface area contributed by atoms with E-state index in [-0.39, 0.29) is 10.8 Å². The fraction of sp³-hybridized carbons (Fsp3) is 0.647. The van der Waals surface area contributed by atoms with Crippen LogP contribution in [0.4, 0.5) is 5.69 Å². The van der Waals surface area contributed by atoms with Gasteiger partial charge in [0.15, 0.2) is 0 Å². The van der Waals surface area contributed by atoms with Crippen molar-refractivity contribution in [3.05, 3.63) is 23.3 Å². The topological polar surface area (TPSA) is 58.3 Å². The van der Waals surface area contributed by atoms with E-state index in [9.17, 15) is 5.11 Å². The fourth-order valence-electron chi connectivity index (χ4n) is 2.21. The molecule has 0 aliphatic carbocycles. The lowest BCUT2D eigenvalue weighted by atomic mass is 9.79. The van der Waals surface area contributed by atoms with Crippen molar-refractivity contribution < 1.29 is 5.11 Å². The van der Waals surface area contributed by atoms with Gasteiger partial charge in [-0.05, 0) is 35.9 Å². The predicted molar refractivity (Wildman–Crippen MR) is 87.7 cm³/mol. The Hall–Kier alpha value is -1.22. The second-order valence-corrected chi connectivity index (χ2v) is 7.49. The molecule has 1 rings (SSSR count). The van der Waals surface area contributed by atoms with E-state index in [1.807, 2.05) is 0 Å². The van der Waals surface area contributed by atoms with Gasteiger partial charge in [-0.3, -0.25) is 0 Å². The molecule has 0 unspecified atom stereocenters. The Kier molecular flexibility index (Phi) is 5.09. The van der Waals surface area contributed by atoms with Gasteiger partial charge in [-0.2, -0.15) is 0 Å². The van der Waals surface area contributed by atoms with Crippen LogP contribution >= 0.6 is 0 Å². The maximum Gasteiger partial charge on any atom is 0.123 e. The van der Waals surface area contributed by atoms with Crippen LogP contribution in [0, 0.1) is 0 Å². The first-order valence-corrected chi connectivity index (χ1v) is 7.39. The molecule has 0 bridgehead atoms. The maximum atomic E-state index is 10.6. The Bertz CT molecular complexity index is 418. The minimum atomic E-state index is -0.0877. The molecule has 1 aromatic rings. The van der Waals surface area contributed by atoms with Crippen molar-refractivity contribution in [2.45, 2.75) is 58.8 Å². The van der Waals surface area contributed by atoms with Crippen LogP contribution in [0.15, 0.2) is 12.1 Å². The summed E-state index contributed by atoms with van der Waals surface area (Å²) in [6, 6.07) is 4.11. The van der Waals surface area contributed by atoms with E-state index in [0.29, 0.717) is 12.3 Å². The minimum Gasteiger partial charge on any atom is -0.507 e. The van der Waals surface area contributed by atoms with Crippen molar-refractivity contribution in [3.8, 4) is 5.75 Å². The van der Waals surface area contributed by atoms with E-state index in [2.05, 4.69) is 59.0 Å². The molecule has 1 aromatic carbocycles. The molecule has 0 fully saturated rings. The van der Waals surface area contributed by atoms with Crippen LogP contribution in [-0.4, -0.2) is 18.2 Å². The molecule has 3 nitrogen and oxygen atoms in total. The van der Waals surface area contributed by atoms with Crippen molar-refractivity contribution in [1.82, 2.24) is 0 Å². The Labute approximate surface area is 123 Å². The summed E-state index contributed by atoms with van der Waals surface area (Å²) in [6.07, 6.45) is 0.941. The molecule has 0 saturated carbocycles. The summed E-state index contributed by atoms with van der Waals surface area (Å²) >= 11 is 0. The number of nitrogens with two attached hydrogens (primary N) is 1.